The molecular weight excluding hydrogens is 268 g/mol. The summed E-state index contributed by atoms with van der Waals surface area (Å²) in [6, 6.07) is 5.79. The molecule has 1 saturated heterocycles. The Morgan fingerprint density at radius 1 is 1.48 bits per heavy atom. The van der Waals surface area contributed by atoms with Crippen molar-refractivity contribution in [2.45, 2.75) is 32.2 Å². The summed E-state index contributed by atoms with van der Waals surface area (Å²) < 4.78 is 10.7. The topological polar surface area (TPSA) is 64.8 Å². The van der Waals surface area contributed by atoms with E-state index in [4.69, 9.17) is 15.2 Å². The largest absolute Gasteiger partial charge is 0.491 e. The van der Waals surface area contributed by atoms with Gasteiger partial charge in [0, 0.05) is 6.04 Å². The Morgan fingerprint density at radius 2 is 2.29 bits per heavy atom. The van der Waals surface area contributed by atoms with Crippen LogP contribution in [0.3, 0.4) is 0 Å². The zero-order valence-corrected chi connectivity index (χ0v) is 12.8. The second kappa shape index (κ2) is 7.31. The highest BCUT2D eigenvalue weighted by atomic mass is 16.5. The van der Waals surface area contributed by atoms with Gasteiger partial charge in [-0.2, -0.15) is 0 Å². The summed E-state index contributed by atoms with van der Waals surface area (Å²) in [7, 11) is 2.15. The highest BCUT2D eigenvalue weighted by molar-refractivity contribution is 5.96. The number of rotatable bonds is 6. The fourth-order valence-corrected chi connectivity index (χ4v) is 2.71. The van der Waals surface area contributed by atoms with Crippen LogP contribution in [0.25, 0.3) is 0 Å². The van der Waals surface area contributed by atoms with Crippen LogP contribution in [0.1, 0.15) is 36.5 Å². The average molecular weight is 292 g/mol. The van der Waals surface area contributed by atoms with E-state index in [1.807, 2.05) is 0 Å². The van der Waals surface area contributed by atoms with Gasteiger partial charge in [-0.25, -0.2) is 4.79 Å². The number of likely N-dealkylation sites (tertiary alicyclic amines) is 1. The molecule has 2 N–H and O–H groups in total. The Hall–Kier alpha value is -1.75. The number of anilines is 1. The van der Waals surface area contributed by atoms with Crippen molar-refractivity contribution < 1.29 is 14.3 Å². The lowest BCUT2D eigenvalue weighted by molar-refractivity contribution is 0.0527. The van der Waals surface area contributed by atoms with Crippen molar-refractivity contribution in [3.63, 3.8) is 0 Å². The Labute approximate surface area is 126 Å². The summed E-state index contributed by atoms with van der Waals surface area (Å²) in [5.74, 6) is 0.150. The van der Waals surface area contributed by atoms with Gasteiger partial charge < -0.3 is 20.1 Å². The summed E-state index contributed by atoms with van der Waals surface area (Å²) in [6.45, 7) is 3.86. The third-order valence-corrected chi connectivity index (χ3v) is 3.94. The minimum absolute atomic E-state index is 0.331. The van der Waals surface area contributed by atoms with E-state index in [1.54, 1.807) is 25.1 Å². The SMILES string of the molecule is CCOC(=O)c1cccc(OCCC2CCCN2C)c1N. The number of carbonyl (C=O) groups excluding carboxylic acids is 1. The number of hydrogen-bond acceptors (Lipinski definition) is 5. The monoisotopic (exact) mass is 292 g/mol. The molecule has 0 radical (unpaired) electrons. The number of hydrogen-bond donors (Lipinski definition) is 1. The lowest BCUT2D eigenvalue weighted by Gasteiger charge is -2.19. The van der Waals surface area contributed by atoms with Crippen molar-refractivity contribution in [2.75, 3.05) is 32.5 Å². The molecule has 116 valence electrons. The average Bonchev–Trinajstić information content (AvgIpc) is 2.86. The second-order valence-corrected chi connectivity index (χ2v) is 5.35. The molecule has 2 rings (SSSR count). The van der Waals surface area contributed by atoms with E-state index in [2.05, 4.69) is 11.9 Å². The van der Waals surface area contributed by atoms with Crippen molar-refractivity contribution in [1.29, 1.82) is 0 Å². The zero-order valence-electron chi connectivity index (χ0n) is 12.8. The quantitative estimate of drug-likeness (QED) is 0.644. The van der Waals surface area contributed by atoms with Crippen LogP contribution in [0.5, 0.6) is 5.75 Å². The van der Waals surface area contributed by atoms with Gasteiger partial charge in [-0.3, -0.25) is 0 Å². The molecule has 0 spiro atoms. The van der Waals surface area contributed by atoms with E-state index in [0.717, 1.165) is 13.0 Å². The van der Waals surface area contributed by atoms with E-state index in [-0.39, 0.29) is 0 Å². The molecule has 1 atom stereocenters. The first kappa shape index (κ1) is 15.6. The van der Waals surface area contributed by atoms with Crippen LogP contribution < -0.4 is 10.5 Å². The molecule has 1 unspecified atom stereocenters. The molecule has 1 aromatic carbocycles. The molecule has 0 bridgehead atoms. The van der Waals surface area contributed by atoms with Crippen LogP contribution in [-0.2, 0) is 4.74 Å². The number of nitrogen functional groups attached to an aromatic ring is 1. The highest BCUT2D eigenvalue weighted by Crippen LogP contribution is 2.26. The van der Waals surface area contributed by atoms with Crippen molar-refractivity contribution in [3.8, 4) is 5.75 Å². The summed E-state index contributed by atoms with van der Waals surface area (Å²) in [5.41, 5.74) is 6.72. The third kappa shape index (κ3) is 3.88. The van der Waals surface area contributed by atoms with Gasteiger partial charge in [-0.05, 0) is 51.9 Å². The smallest absolute Gasteiger partial charge is 0.340 e. The lowest BCUT2D eigenvalue weighted by Crippen LogP contribution is -2.26. The van der Waals surface area contributed by atoms with Gasteiger partial charge in [0.05, 0.1) is 24.5 Å². The molecule has 1 aliphatic heterocycles. The van der Waals surface area contributed by atoms with Crippen molar-refractivity contribution in [2.24, 2.45) is 0 Å². The number of benzene rings is 1. The second-order valence-electron chi connectivity index (χ2n) is 5.35. The molecule has 5 nitrogen and oxygen atoms in total. The first-order valence-electron chi connectivity index (χ1n) is 7.52. The van der Waals surface area contributed by atoms with Crippen molar-refractivity contribution >= 4 is 11.7 Å². The Bertz CT molecular complexity index is 490. The van der Waals surface area contributed by atoms with E-state index >= 15 is 0 Å². The normalized spacial score (nSPS) is 18.7. The summed E-state index contributed by atoms with van der Waals surface area (Å²) in [5, 5.41) is 0. The third-order valence-electron chi connectivity index (χ3n) is 3.94. The minimum Gasteiger partial charge on any atom is -0.491 e. The maximum atomic E-state index is 11.8. The van der Waals surface area contributed by atoms with E-state index in [0.29, 0.717) is 36.3 Å². The van der Waals surface area contributed by atoms with Crippen LogP contribution in [0.4, 0.5) is 5.69 Å². The zero-order chi connectivity index (χ0) is 15.2. The van der Waals surface area contributed by atoms with Gasteiger partial charge in [0.2, 0.25) is 0 Å². The summed E-state index contributed by atoms with van der Waals surface area (Å²) in [4.78, 5) is 14.1. The van der Waals surface area contributed by atoms with E-state index < -0.39 is 5.97 Å². The Morgan fingerprint density at radius 3 is 2.95 bits per heavy atom. The van der Waals surface area contributed by atoms with Gasteiger partial charge in [0.15, 0.2) is 0 Å². The van der Waals surface area contributed by atoms with Gasteiger partial charge in [0.25, 0.3) is 0 Å². The van der Waals surface area contributed by atoms with Crippen LogP contribution in [-0.4, -0.2) is 43.7 Å². The molecule has 1 aliphatic rings. The van der Waals surface area contributed by atoms with Gasteiger partial charge in [0.1, 0.15) is 5.75 Å². The van der Waals surface area contributed by atoms with Crippen molar-refractivity contribution in [1.82, 2.24) is 4.90 Å². The van der Waals surface area contributed by atoms with Crippen LogP contribution >= 0.6 is 0 Å². The van der Waals surface area contributed by atoms with Crippen LogP contribution in [0.15, 0.2) is 18.2 Å². The number of para-hydroxylation sites is 1. The van der Waals surface area contributed by atoms with E-state index in [9.17, 15) is 4.79 Å². The number of ether oxygens (including phenoxy) is 2. The summed E-state index contributed by atoms with van der Waals surface area (Å²) in [6.07, 6.45) is 3.44. The number of nitrogens with zero attached hydrogens (tertiary/aromatic N) is 1. The number of nitrogens with two attached hydrogens (primary N) is 1. The maximum Gasteiger partial charge on any atom is 0.340 e. The standard InChI is InChI=1S/C16H24N2O3/c1-3-20-16(19)13-7-4-8-14(15(13)17)21-11-9-12-6-5-10-18(12)2/h4,7-8,12H,3,5-6,9-11,17H2,1-2H3. The van der Waals surface area contributed by atoms with E-state index in [1.165, 1.54) is 12.8 Å². The molecule has 0 saturated carbocycles. The molecule has 1 aromatic rings. The maximum absolute atomic E-state index is 11.8. The summed E-state index contributed by atoms with van der Waals surface area (Å²) >= 11 is 0. The first-order valence-corrected chi connectivity index (χ1v) is 7.52. The Kier molecular flexibility index (Phi) is 5.44. The predicted molar refractivity (Wildman–Crippen MR) is 82.6 cm³/mol. The molecule has 21 heavy (non-hydrogen) atoms. The number of esters is 1. The molecule has 0 aromatic heterocycles. The molecule has 5 heteroatoms. The number of carbonyl (C=O) groups is 1. The van der Waals surface area contributed by atoms with Gasteiger partial charge in [-0.1, -0.05) is 6.07 Å². The minimum atomic E-state index is -0.407. The van der Waals surface area contributed by atoms with Gasteiger partial charge in [-0.15, -0.1) is 0 Å². The molecule has 1 heterocycles. The lowest BCUT2D eigenvalue weighted by atomic mass is 10.1. The fraction of sp³-hybridized carbons (Fsp3) is 0.562. The molecule has 0 amide bonds. The highest BCUT2D eigenvalue weighted by Gasteiger charge is 2.21. The van der Waals surface area contributed by atoms with Crippen LogP contribution in [0, 0.1) is 0 Å². The predicted octanol–water partition coefficient (Wildman–Crippen LogP) is 2.31. The molecular formula is C16H24N2O3. The van der Waals surface area contributed by atoms with Gasteiger partial charge >= 0.3 is 5.97 Å². The molecule has 1 fully saturated rings. The first-order chi connectivity index (χ1) is 10.1. The fourth-order valence-electron chi connectivity index (χ4n) is 2.71. The molecule has 0 aliphatic carbocycles. The van der Waals surface area contributed by atoms with Crippen LogP contribution in [0.2, 0.25) is 0 Å². The Balaban J connectivity index is 1.94. The van der Waals surface area contributed by atoms with Crippen molar-refractivity contribution in [3.05, 3.63) is 23.8 Å².